The lowest BCUT2D eigenvalue weighted by molar-refractivity contribution is -0.130. The zero-order valence-electron chi connectivity index (χ0n) is 15.5. The Morgan fingerprint density at radius 3 is 2.40 bits per heavy atom. The van der Waals surface area contributed by atoms with Gasteiger partial charge in [-0.1, -0.05) is 35.9 Å². The van der Waals surface area contributed by atoms with Crippen LogP contribution in [0.2, 0.25) is 5.15 Å². The summed E-state index contributed by atoms with van der Waals surface area (Å²) >= 11 is 5.73. The van der Waals surface area contributed by atoms with Crippen LogP contribution in [0, 0.1) is 17.1 Å². The highest BCUT2D eigenvalue weighted by molar-refractivity contribution is 6.29. The zero-order valence-corrected chi connectivity index (χ0v) is 16.3. The predicted octanol–water partition coefficient (Wildman–Crippen LogP) is 3.96. The summed E-state index contributed by atoms with van der Waals surface area (Å²) in [5.41, 5.74) is 1.60. The number of nitrogens with zero attached hydrogens (tertiary/aromatic N) is 2. The van der Waals surface area contributed by atoms with Crippen molar-refractivity contribution in [3.8, 4) is 6.07 Å². The number of hydrogen-bond donors (Lipinski definition) is 1. The molecule has 0 aliphatic heterocycles. The molecule has 3 aromatic rings. The number of pyridine rings is 1. The number of ether oxygens (including phenoxy) is 1. The molecule has 30 heavy (non-hydrogen) atoms. The van der Waals surface area contributed by atoms with Gasteiger partial charge in [-0.3, -0.25) is 4.79 Å². The molecule has 1 heterocycles. The monoisotopic (exact) mass is 423 g/mol. The molecule has 0 fully saturated rings. The summed E-state index contributed by atoms with van der Waals surface area (Å²) in [6.45, 7) is 0.117. The lowest BCUT2D eigenvalue weighted by Crippen LogP contribution is -2.32. The topological polar surface area (TPSA) is 92.1 Å². The molecule has 1 atom stereocenters. The number of carbonyl (C=O) groups excluding carboxylic acids is 2. The SMILES string of the molecule is N#Cc1ccc(C(OC(=O)c2ccc(Cl)nc2)C(=O)NCc2ccc(F)cc2)cc1. The first-order valence-electron chi connectivity index (χ1n) is 8.81. The second kappa shape index (κ2) is 9.63. The maximum absolute atomic E-state index is 13.0. The molecule has 1 N–H and O–H groups in total. The van der Waals surface area contributed by atoms with Gasteiger partial charge in [-0.15, -0.1) is 0 Å². The number of amides is 1. The third kappa shape index (κ3) is 5.40. The van der Waals surface area contributed by atoms with Gasteiger partial charge in [0.25, 0.3) is 5.91 Å². The molecule has 0 radical (unpaired) electrons. The molecule has 0 saturated carbocycles. The molecule has 0 aliphatic carbocycles. The fraction of sp³-hybridized carbons (Fsp3) is 0.0909. The first-order valence-corrected chi connectivity index (χ1v) is 9.19. The number of aromatic nitrogens is 1. The lowest BCUT2D eigenvalue weighted by Gasteiger charge is -2.18. The van der Waals surface area contributed by atoms with Gasteiger partial charge in [0.1, 0.15) is 11.0 Å². The van der Waals surface area contributed by atoms with Gasteiger partial charge in [-0.25, -0.2) is 14.2 Å². The molecule has 1 amide bonds. The highest BCUT2D eigenvalue weighted by Crippen LogP contribution is 2.21. The molecule has 1 aromatic heterocycles. The molecule has 0 aliphatic rings. The van der Waals surface area contributed by atoms with Crippen LogP contribution in [-0.4, -0.2) is 16.9 Å². The van der Waals surface area contributed by atoms with Gasteiger partial charge >= 0.3 is 5.97 Å². The number of nitrogens with one attached hydrogen (secondary N) is 1. The minimum Gasteiger partial charge on any atom is -0.444 e. The Bertz CT molecular complexity index is 1080. The number of benzene rings is 2. The highest BCUT2D eigenvalue weighted by Gasteiger charge is 2.26. The summed E-state index contributed by atoms with van der Waals surface area (Å²) in [6, 6.07) is 16.6. The third-order valence-corrected chi connectivity index (χ3v) is 4.37. The normalized spacial score (nSPS) is 11.2. The molecule has 2 aromatic carbocycles. The van der Waals surface area contributed by atoms with Crippen molar-refractivity contribution in [2.45, 2.75) is 12.6 Å². The van der Waals surface area contributed by atoms with E-state index in [4.69, 9.17) is 21.6 Å². The van der Waals surface area contributed by atoms with Crippen LogP contribution in [0.25, 0.3) is 0 Å². The average molecular weight is 424 g/mol. The molecular weight excluding hydrogens is 409 g/mol. The Balaban J connectivity index is 1.79. The van der Waals surface area contributed by atoms with Crippen molar-refractivity contribution >= 4 is 23.5 Å². The van der Waals surface area contributed by atoms with Gasteiger partial charge in [-0.05, 0) is 42.0 Å². The van der Waals surface area contributed by atoms with Crippen LogP contribution in [-0.2, 0) is 16.1 Å². The Morgan fingerprint density at radius 1 is 1.10 bits per heavy atom. The van der Waals surface area contributed by atoms with E-state index in [2.05, 4.69) is 10.3 Å². The summed E-state index contributed by atoms with van der Waals surface area (Å²) in [7, 11) is 0. The molecule has 0 saturated heterocycles. The van der Waals surface area contributed by atoms with Crippen LogP contribution < -0.4 is 5.32 Å². The number of hydrogen-bond acceptors (Lipinski definition) is 5. The van der Waals surface area contributed by atoms with Crippen molar-refractivity contribution in [3.05, 3.63) is 100 Å². The second-order valence-electron chi connectivity index (χ2n) is 6.23. The highest BCUT2D eigenvalue weighted by atomic mass is 35.5. The summed E-state index contributed by atoms with van der Waals surface area (Å²) in [4.78, 5) is 29.1. The Morgan fingerprint density at radius 2 is 1.80 bits per heavy atom. The van der Waals surface area contributed by atoms with Crippen LogP contribution in [0.15, 0.2) is 66.9 Å². The first kappa shape index (κ1) is 21.0. The molecular formula is C22H15ClFN3O3. The van der Waals surface area contributed by atoms with Gasteiger partial charge in [-0.2, -0.15) is 5.26 Å². The largest absolute Gasteiger partial charge is 0.444 e. The first-order chi connectivity index (χ1) is 14.5. The maximum Gasteiger partial charge on any atom is 0.340 e. The molecule has 3 rings (SSSR count). The smallest absolute Gasteiger partial charge is 0.340 e. The van der Waals surface area contributed by atoms with Crippen molar-refractivity contribution in [3.63, 3.8) is 0 Å². The van der Waals surface area contributed by atoms with Crippen molar-refractivity contribution in [2.24, 2.45) is 0 Å². The quantitative estimate of drug-likeness (QED) is 0.478. The van der Waals surface area contributed by atoms with Crippen LogP contribution in [0.1, 0.15) is 33.2 Å². The number of rotatable bonds is 6. The molecule has 1 unspecified atom stereocenters. The van der Waals surface area contributed by atoms with Gasteiger partial charge in [0.15, 0.2) is 0 Å². The standard InChI is InChI=1S/C22H15ClFN3O3/c23-19-10-7-17(13-26-19)22(29)30-20(16-5-1-14(11-25)2-6-16)21(28)27-12-15-3-8-18(24)9-4-15/h1-10,13,20H,12H2,(H,27,28). The lowest BCUT2D eigenvalue weighted by atomic mass is 10.1. The summed E-state index contributed by atoms with van der Waals surface area (Å²) in [5.74, 6) is -1.71. The maximum atomic E-state index is 13.0. The minimum atomic E-state index is -1.26. The van der Waals surface area contributed by atoms with Gasteiger partial charge in [0, 0.05) is 18.3 Å². The van der Waals surface area contributed by atoms with Crippen molar-refractivity contribution in [1.82, 2.24) is 10.3 Å². The zero-order chi connectivity index (χ0) is 21.5. The molecule has 150 valence electrons. The van der Waals surface area contributed by atoms with Crippen molar-refractivity contribution < 1.29 is 18.7 Å². The van der Waals surface area contributed by atoms with Crippen molar-refractivity contribution in [1.29, 1.82) is 5.26 Å². The number of carbonyl (C=O) groups is 2. The predicted molar refractivity (Wildman–Crippen MR) is 107 cm³/mol. The average Bonchev–Trinajstić information content (AvgIpc) is 2.77. The Hall–Kier alpha value is -3.76. The Kier molecular flexibility index (Phi) is 6.73. The van der Waals surface area contributed by atoms with E-state index in [0.29, 0.717) is 16.7 Å². The third-order valence-electron chi connectivity index (χ3n) is 4.15. The Labute approximate surface area is 176 Å². The van der Waals surface area contributed by atoms with E-state index in [9.17, 15) is 14.0 Å². The van der Waals surface area contributed by atoms with Gasteiger partial charge < -0.3 is 10.1 Å². The van der Waals surface area contributed by atoms with E-state index in [-0.39, 0.29) is 23.1 Å². The molecule has 6 nitrogen and oxygen atoms in total. The van der Waals surface area contributed by atoms with Crippen LogP contribution in [0.5, 0.6) is 0 Å². The second-order valence-corrected chi connectivity index (χ2v) is 6.62. The van der Waals surface area contributed by atoms with Crippen molar-refractivity contribution in [2.75, 3.05) is 0 Å². The van der Waals surface area contributed by atoms with E-state index in [1.165, 1.54) is 66.9 Å². The van der Waals surface area contributed by atoms with E-state index >= 15 is 0 Å². The fourth-order valence-electron chi connectivity index (χ4n) is 2.56. The van der Waals surface area contributed by atoms with Crippen LogP contribution in [0.3, 0.4) is 0 Å². The number of nitriles is 1. The van der Waals surface area contributed by atoms with Gasteiger partial charge in [0.2, 0.25) is 6.10 Å². The molecule has 0 spiro atoms. The fourth-order valence-corrected chi connectivity index (χ4v) is 2.67. The molecule has 8 heteroatoms. The minimum absolute atomic E-state index is 0.117. The number of esters is 1. The van der Waals surface area contributed by atoms with E-state index in [1.807, 2.05) is 6.07 Å². The van der Waals surface area contributed by atoms with E-state index in [0.717, 1.165) is 0 Å². The summed E-state index contributed by atoms with van der Waals surface area (Å²) < 4.78 is 18.5. The number of halogens is 2. The van der Waals surface area contributed by atoms with E-state index < -0.39 is 18.0 Å². The van der Waals surface area contributed by atoms with Crippen LogP contribution in [0.4, 0.5) is 4.39 Å². The van der Waals surface area contributed by atoms with E-state index in [1.54, 1.807) is 0 Å². The molecule has 0 bridgehead atoms. The van der Waals surface area contributed by atoms with Gasteiger partial charge in [0.05, 0.1) is 17.2 Å². The summed E-state index contributed by atoms with van der Waals surface area (Å²) in [5, 5.41) is 11.8. The van der Waals surface area contributed by atoms with Crippen LogP contribution >= 0.6 is 11.6 Å². The summed E-state index contributed by atoms with van der Waals surface area (Å²) in [6.07, 6.45) is -0.0157.